The van der Waals surface area contributed by atoms with Gasteiger partial charge in [0.25, 0.3) is 0 Å². The number of nitrogens with zero attached hydrogens (tertiary/aromatic N) is 2. The van der Waals surface area contributed by atoms with Crippen LogP contribution in [0.2, 0.25) is 5.02 Å². The van der Waals surface area contributed by atoms with Gasteiger partial charge >= 0.3 is 0 Å². The second-order valence-corrected chi connectivity index (χ2v) is 4.27. The van der Waals surface area contributed by atoms with Gasteiger partial charge in [0, 0.05) is 4.47 Å². The molecule has 0 bridgehead atoms. The first kappa shape index (κ1) is 12.8. The standard InChI is InChI=1S/C9H11BrClN5/c1-4-2-3-5(10)6(11)7(4)15-9(14)16-8(12)13/h2-3H,1H3,(H6,12,13,14,15,16). The lowest BCUT2D eigenvalue weighted by Gasteiger charge is -2.05. The topological polar surface area (TPSA) is 103 Å². The second-order valence-electron chi connectivity index (χ2n) is 3.03. The van der Waals surface area contributed by atoms with Crippen LogP contribution >= 0.6 is 27.5 Å². The minimum atomic E-state index is -0.148. The number of hydrogen-bond donors (Lipinski definition) is 3. The summed E-state index contributed by atoms with van der Waals surface area (Å²) in [6.07, 6.45) is 0. The molecule has 1 rings (SSSR count). The number of halogens is 2. The summed E-state index contributed by atoms with van der Waals surface area (Å²) in [7, 11) is 0. The highest BCUT2D eigenvalue weighted by Crippen LogP contribution is 2.35. The fraction of sp³-hybridized carbons (Fsp3) is 0.111. The third-order valence-electron chi connectivity index (χ3n) is 1.74. The predicted octanol–water partition coefficient (Wildman–Crippen LogP) is 1.63. The van der Waals surface area contributed by atoms with Crippen LogP contribution in [0.5, 0.6) is 0 Å². The van der Waals surface area contributed by atoms with Gasteiger partial charge in [-0.15, -0.1) is 0 Å². The molecule has 7 heteroatoms. The molecule has 6 N–H and O–H groups in total. The van der Waals surface area contributed by atoms with Crippen LogP contribution < -0.4 is 17.2 Å². The van der Waals surface area contributed by atoms with Crippen molar-refractivity contribution >= 4 is 45.1 Å². The van der Waals surface area contributed by atoms with E-state index in [-0.39, 0.29) is 11.9 Å². The smallest absolute Gasteiger partial charge is 0.223 e. The van der Waals surface area contributed by atoms with Crippen molar-refractivity contribution in [2.45, 2.75) is 6.92 Å². The van der Waals surface area contributed by atoms with Crippen molar-refractivity contribution in [2.75, 3.05) is 0 Å². The van der Waals surface area contributed by atoms with E-state index in [4.69, 9.17) is 28.8 Å². The van der Waals surface area contributed by atoms with E-state index in [0.29, 0.717) is 10.7 Å². The minimum absolute atomic E-state index is 0.0388. The maximum atomic E-state index is 6.06. The Morgan fingerprint density at radius 1 is 1.31 bits per heavy atom. The van der Waals surface area contributed by atoms with E-state index < -0.39 is 0 Å². The van der Waals surface area contributed by atoms with Crippen molar-refractivity contribution in [2.24, 2.45) is 27.2 Å². The van der Waals surface area contributed by atoms with E-state index >= 15 is 0 Å². The Kier molecular flexibility index (Phi) is 4.14. The summed E-state index contributed by atoms with van der Waals surface area (Å²) in [5.41, 5.74) is 17.3. The van der Waals surface area contributed by atoms with Crippen molar-refractivity contribution in [3.8, 4) is 0 Å². The van der Waals surface area contributed by atoms with Crippen LogP contribution in [0.1, 0.15) is 5.56 Å². The van der Waals surface area contributed by atoms with Crippen molar-refractivity contribution in [1.29, 1.82) is 0 Å². The molecule has 0 aromatic heterocycles. The molecule has 0 aliphatic rings. The van der Waals surface area contributed by atoms with Crippen LogP contribution in [0.4, 0.5) is 5.69 Å². The Morgan fingerprint density at radius 3 is 2.50 bits per heavy atom. The lowest BCUT2D eigenvalue weighted by atomic mass is 10.2. The van der Waals surface area contributed by atoms with Crippen molar-refractivity contribution in [1.82, 2.24) is 0 Å². The lowest BCUT2D eigenvalue weighted by molar-refractivity contribution is 1.34. The highest BCUT2D eigenvalue weighted by Gasteiger charge is 2.07. The molecule has 1 aromatic rings. The van der Waals surface area contributed by atoms with Crippen LogP contribution in [-0.4, -0.2) is 11.9 Å². The first-order valence-corrected chi connectivity index (χ1v) is 5.47. The Balaban J connectivity index is 3.24. The molecule has 16 heavy (non-hydrogen) atoms. The summed E-state index contributed by atoms with van der Waals surface area (Å²) in [6.45, 7) is 1.86. The predicted molar refractivity (Wildman–Crippen MR) is 71.0 cm³/mol. The molecule has 0 aliphatic carbocycles. The molecule has 0 fully saturated rings. The SMILES string of the molecule is Cc1ccc(Br)c(Cl)c1N=C(N)N=C(N)N. The summed E-state index contributed by atoms with van der Waals surface area (Å²) in [6, 6.07) is 3.69. The normalized spacial score (nSPS) is 11.3. The number of nitrogens with two attached hydrogens (primary N) is 3. The first-order chi connectivity index (χ1) is 7.41. The van der Waals surface area contributed by atoms with E-state index in [1.165, 1.54) is 0 Å². The fourth-order valence-electron chi connectivity index (χ4n) is 1.05. The summed E-state index contributed by atoms with van der Waals surface area (Å²) >= 11 is 9.35. The molecule has 0 atom stereocenters. The monoisotopic (exact) mass is 303 g/mol. The van der Waals surface area contributed by atoms with Gasteiger partial charge in [-0.3, -0.25) is 0 Å². The molecule has 0 saturated carbocycles. The molecule has 86 valence electrons. The van der Waals surface area contributed by atoms with E-state index in [2.05, 4.69) is 25.9 Å². The number of rotatable bonds is 1. The van der Waals surface area contributed by atoms with Crippen LogP contribution in [0.3, 0.4) is 0 Å². The molecule has 0 radical (unpaired) electrons. The third-order valence-corrected chi connectivity index (χ3v) is 3.01. The molecular formula is C9H11BrClN5. The maximum Gasteiger partial charge on any atom is 0.223 e. The van der Waals surface area contributed by atoms with E-state index in [9.17, 15) is 0 Å². The number of aliphatic imine (C=N–C) groups is 2. The highest BCUT2D eigenvalue weighted by atomic mass is 79.9. The Morgan fingerprint density at radius 2 is 1.94 bits per heavy atom. The van der Waals surface area contributed by atoms with Gasteiger partial charge in [0.05, 0.1) is 10.7 Å². The van der Waals surface area contributed by atoms with Gasteiger partial charge in [0.1, 0.15) is 0 Å². The first-order valence-electron chi connectivity index (χ1n) is 4.30. The van der Waals surface area contributed by atoms with E-state index in [0.717, 1.165) is 10.0 Å². The van der Waals surface area contributed by atoms with Gasteiger partial charge in [-0.1, -0.05) is 17.7 Å². The molecule has 0 spiro atoms. The van der Waals surface area contributed by atoms with Gasteiger partial charge in [0.2, 0.25) is 5.96 Å². The molecule has 0 aliphatic heterocycles. The number of guanidine groups is 2. The average molecular weight is 305 g/mol. The second kappa shape index (κ2) is 5.18. The third kappa shape index (κ3) is 3.11. The summed E-state index contributed by atoms with van der Waals surface area (Å²) < 4.78 is 0.732. The van der Waals surface area contributed by atoms with Crippen molar-refractivity contribution < 1.29 is 0 Å². The van der Waals surface area contributed by atoms with E-state index in [1.807, 2.05) is 19.1 Å². The Bertz CT molecular complexity index is 465. The van der Waals surface area contributed by atoms with Gasteiger partial charge in [-0.2, -0.15) is 4.99 Å². The average Bonchev–Trinajstić information content (AvgIpc) is 2.17. The Hall–Kier alpha value is -1.27. The molecule has 0 saturated heterocycles. The summed E-state index contributed by atoms with van der Waals surface area (Å²) in [5, 5.41) is 0.466. The number of hydrogen-bond acceptors (Lipinski definition) is 1. The van der Waals surface area contributed by atoms with Crippen molar-refractivity contribution in [3.05, 3.63) is 27.2 Å². The van der Waals surface area contributed by atoms with Gasteiger partial charge in [-0.25, -0.2) is 4.99 Å². The van der Waals surface area contributed by atoms with Crippen LogP contribution in [0.25, 0.3) is 0 Å². The van der Waals surface area contributed by atoms with Gasteiger partial charge < -0.3 is 17.2 Å². The number of benzene rings is 1. The largest absolute Gasteiger partial charge is 0.370 e. The maximum absolute atomic E-state index is 6.06. The molecule has 5 nitrogen and oxygen atoms in total. The van der Waals surface area contributed by atoms with Crippen molar-refractivity contribution in [3.63, 3.8) is 0 Å². The number of aryl methyl sites for hydroxylation is 1. The Labute approximate surface area is 107 Å². The molecule has 0 amide bonds. The molecular weight excluding hydrogens is 293 g/mol. The summed E-state index contributed by atoms with van der Waals surface area (Å²) in [4.78, 5) is 7.65. The minimum Gasteiger partial charge on any atom is -0.370 e. The van der Waals surface area contributed by atoms with Crippen LogP contribution in [0.15, 0.2) is 26.6 Å². The quantitative estimate of drug-likeness (QED) is 0.542. The van der Waals surface area contributed by atoms with Gasteiger partial charge in [-0.05, 0) is 34.5 Å². The highest BCUT2D eigenvalue weighted by molar-refractivity contribution is 9.10. The fourth-order valence-corrected chi connectivity index (χ4v) is 1.62. The van der Waals surface area contributed by atoms with Gasteiger partial charge in [0.15, 0.2) is 5.96 Å². The molecule has 0 unspecified atom stereocenters. The molecule has 0 heterocycles. The van der Waals surface area contributed by atoms with Crippen LogP contribution in [-0.2, 0) is 0 Å². The zero-order valence-electron chi connectivity index (χ0n) is 8.54. The molecule has 1 aromatic carbocycles. The summed E-state index contributed by atoms with van der Waals surface area (Å²) in [5.74, 6) is -0.187. The zero-order valence-corrected chi connectivity index (χ0v) is 10.9. The lowest BCUT2D eigenvalue weighted by Crippen LogP contribution is -2.26. The zero-order chi connectivity index (χ0) is 12.3. The van der Waals surface area contributed by atoms with Crippen LogP contribution in [0, 0.1) is 6.92 Å². The van der Waals surface area contributed by atoms with E-state index in [1.54, 1.807) is 0 Å².